The zero-order valence-corrected chi connectivity index (χ0v) is 12.2. The maximum atomic E-state index is 12.3. The Hall–Kier alpha value is -1.88. The Kier molecular flexibility index (Phi) is 3.68. The first-order chi connectivity index (χ1) is 10.1. The van der Waals surface area contributed by atoms with Crippen molar-refractivity contribution in [1.29, 1.82) is 0 Å². The summed E-state index contributed by atoms with van der Waals surface area (Å²) in [7, 11) is 0. The van der Waals surface area contributed by atoms with Gasteiger partial charge in [-0.1, -0.05) is 6.07 Å². The lowest BCUT2D eigenvalue weighted by molar-refractivity contribution is -0.121. The van der Waals surface area contributed by atoms with Crippen LogP contribution in [0.2, 0.25) is 0 Å². The van der Waals surface area contributed by atoms with Gasteiger partial charge >= 0.3 is 0 Å². The standard InChI is InChI=1S/C16H21N3O2/c1-16(8-3-9-17-16)15(21)19-13-5-2-4-12(10-13)18-14(20)11-6-7-11/h2,4-5,10-11,17H,3,6-9H2,1H3,(H,18,20)(H,19,21). The van der Waals surface area contributed by atoms with Crippen LogP contribution in [0.1, 0.15) is 32.6 Å². The average molecular weight is 287 g/mol. The van der Waals surface area contributed by atoms with E-state index in [1.54, 1.807) is 6.07 Å². The Morgan fingerprint density at radius 3 is 2.57 bits per heavy atom. The molecule has 1 aromatic carbocycles. The topological polar surface area (TPSA) is 70.2 Å². The normalized spacial score (nSPS) is 24.6. The predicted octanol–water partition coefficient (Wildman–Crippen LogP) is 2.12. The molecule has 2 fully saturated rings. The van der Waals surface area contributed by atoms with Crippen LogP contribution in [0.15, 0.2) is 24.3 Å². The third kappa shape index (κ3) is 3.24. The van der Waals surface area contributed by atoms with Crippen LogP contribution >= 0.6 is 0 Å². The van der Waals surface area contributed by atoms with Gasteiger partial charge in [0.15, 0.2) is 0 Å². The van der Waals surface area contributed by atoms with Gasteiger partial charge in [0.05, 0.1) is 5.54 Å². The van der Waals surface area contributed by atoms with E-state index < -0.39 is 5.54 Å². The minimum atomic E-state index is -0.493. The first-order valence-corrected chi connectivity index (χ1v) is 7.54. The Morgan fingerprint density at radius 2 is 1.95 bits per heavy atom. The molecule has 0 bridgehead atoms. The summed E-state index contributed by atoms with van der Waals surface area (Å²) in [5.74, 6) is 0.221. The van der Waals surface area contributed by atoms with Crippen LogP contribution in [0, 0.1) is 5.92 Å². The van der Waals surface area contributed by atoms with Crippen molar-refractivity contribution in [2.24, 2.45) is 5.92 Å². The van der Waals surface area contributed by atoms with Crippen LogP contribution in [0.3, 0.4) is 0 Å². The van der Waals surface area contributed by atoms with Crippen molar-refractivity contribution in [2.45, 2.75) is 38.1 Å². The summed E-state index contributed by atoms with van der Waals surface area (Å²) in [6, 6.07) is 7.31. The van der Waals surface area contributed by atoms with E-state index in [1.807, 2.05) is 25.1 Å². The van der Waals surface area contributed by atoms with E-state index in [9.17, 15) is 9.59 Å². The molecule has 0 radical (unpaired) electrons. The fraction of sp³-hybridized carbons (Fsp3) is 0.500. The Labute approximate surface area is 124 Å². The number of carbonyl (C=O) groups is 2. The van der Waals surface area contributed by atoms with Gasteiger partial charge in [0.25, 0.3) is 0 Å². The Bertz CT molecular complexity index is 560. The third-order valence-corrected chi connectivity index (χ3v) is 4.21. The van der Waals surface area contributed by atoms with Crippen molar-refractivity contribution in [2.75, 3.05) is 17.2 Å². The summed E-state index contributed by atoms with van der Waals surface area (Å²) in [5.41, 5.74) is 0.950. The van der Waals surface area contributed by atoms with E-state index in [1.165, 1.54) is 0 Å². The predicted molar refractivity (Wildman–Crippen MR) is 82.1 cm³/mol. The Balaban J connectivity index is 1.65. The lowest BCUT2D eigenvalue weighted by Crippen LogP contribution is -2.47. The van der Waals surface area contributed by atoms with Crippen LogP contribution in [-0.2, 0) is 9.59 Å². The molecule has 3 N–H and O–H groups in total. The van der Waals surface area contributed by atoms with Crippen LogP contribution in [0.4, 0.5) is 11.4 Å². The maximum Gasteiger partial charge on any atom is 0.244 e. The zero-order valence-electron chi connectivity index (χ0n) is 12.2. The number of benzene rings is 1. The van der Waals surface area contributed by atoms with Crippen molar-refractivity contribution in [3.8, 4) is 0 Å². The number of anilines is 2. The van der Waals surface area contributed by atoms with Crippen LogP contribution in [0.5, 0.6) is 0 Å². The van der Waals surface area contributed by atoms with Crippen LogP contribution < -0.4 is 16.0 Å². The second-order valence-corrected chi connectivity index (χ2v) is 6.16. The molecule has 1 aromatic rings. The van der Waals surface area contributed by atoms with Gasteiger partial charge in [-0.2, -0.15) is 0 Å². The summed E-state index contributed by atoms with van der Waals surface area (Å²) >= 11 is 0. The largest absolute Gasteiger partial charge is 0.326 e. The quantitative estimate of drug-likeness (QED) is 0.794. The van der Waals surface area contributed by atoms with Gasteiger partial charge in [-0.05, 0) is 57.4 Å². The molecule has 1 aliphatic heterocycles. The van der Waals surface area contributed by atoms with Gasteiger partial charge in [-0.3, -0.25) is 9.59 Å². The lowest BCUT2D eigenvalue weighted by atomic mass is 9.99. The van der Waals surface area contributed by atoms with Crippen molar-refractivity contribution in [3.63, 3.8) is 0 Å². The highest BCUT2D eigenvalue weighted by molar-refractivity contribution is 5.99. The van der Waals surface area contributed by atoms with Crippen molar-refractivity contribution >= 4 is 23.2 Å². The number of carbonyl (C=O) groups excluding carboxylic acids is 2. The fourth-order valence-electron chi connectivity index (χ4n) is 2.62. The molecule has 1 heterocycles. The third-order valence-electron chi connectivity index (χ3n) is 4.21. The van der Waals surface area contributed by atoms with Crippen molar-refractivity contribution in [1.82, 2.24) is 5.32 Å². The molecule has 1 atom stereocenters. The molecule has 1 unspecified atom stereocenters. The smallest absolute Gasteiger partial charge is 0.244 e. The monoisotopic (exact) mass is 287 g/mol. The first kappa shape index (κ1) is 14.1. The van der Waals surface area contributed by atoms with Crippen molar-refractivity contribution < 1.29 is 9.59 Å². The van der Waals surface area contributed by atoms with Gasteiger partial charge in [0, 0.05) is 17.3 Å². The van der Waals surface area contributed by atoms with E-state index in [2.05, 4.69) is 16.0 Å². The highest BCUT2D eigenvalue weighted by atomic mass is 16.2. The Morgan fingerprint density at radius 1 is 1.24 bits per heavy atom. The van der Waals surface area contributed by atoms with E-state index >= 15 is 0 Å². The molecular weight excluding hydrogens is 266 g/mol. The van der Waals surface area contributed by atoms with Gasteiger partial charge in [0.1, 0.15) is 0 Å². The van der Waals surface area contributed by atoms with Gasteiger partial charge in [0.2, 0.25) is 11.8 Å². The molecule has 5 nitrogen and oxygen atoms in total. The number of rotatable bonds is 4. The number of amides is 2. The van der Waals surface area contributed by atoms with Gasteiger partial charge in [-0.25, -0.2) is 0 Å². The number of nitrogens with one attached hydrogen (secondary N) is 3. The van der Waals surface area contributed by atoms with E-state index in [0.29, 0.717) is 5.69 Å². The molecule has 3 rings (SSSR count). The van der Waals surface area contributed by atoms with Gasteiger partial charge < -0.3 is 16.0 Å². The molecule has 2 aliphatic rings. The van der Waals surface area contributed by atoms with Crippen LogP contribution in [0.25, 0.3) is 0 Å². The second-order valence-electron chi connectivity index (χ2n) is 6.16. The average Bonchev–Trinajstić information content (AvgIpc) is 3.21. The molecular formula is C16H21N3O2. The first-order valence-electron chi connectivity index (χ1n) is 7.54. The van der Waals surface area contributed by atoms with E-state index in [4.69, 9.17) is 0 Å². The molecule has 1 aliphatic carbocycles. The molecule has 0 aromatic heterocycles. The SMILES string of the molecule is CC1(C(=O)Nc2cccc(NC(=O)C3CC3)c2)CCCN1. The highest BCUT2D eigenvalue weighted by Crippen LogP contribution is 2.30. The minimum absolute atomic E-state index is 0.0225. The molecule has 112 valence electrons. The van der Waals surface area contributed by atoms with Gasteiger partial charge in [-0.15, -0.1) is 0 Å². The lowest BCUT2D eigenvalue weighted by Gasteiger charge is -2.23. The minimum Gasteiger partial charge on any atom is -0.326 e. The molecule has 1 saturated carbocycles. The maximum absolute atomic E-state index is 12.3. The number of hydrogen-bond acceptors (Lipinski definition) is 3. The summed E-state index contributed by atoms with van der Waals surface area (Å²) in [5, 5.41) is 9.06. The summed E-state index contributed by atoms with van der Waals surface area (Å²) in [4.78, 5) is 24.1. The molecule has 0 spiro atoms. The molecule has 21 heavy (non-hydrogen) atoms. The molecule has 2 amide bonds. The zero-order chi connectivity index (χ0) is 14.9. The van der Waals surface area contributed by atoms with Crippen LogP contribution in [-0.4, -0.2) is 23.9 Å². The van der Waals surface area contributed by atoms with E-state index in [-0.39, 0.29) is 17.7 Å². The highest BCUT2D eigenvalue weighted by Gasteiger charge is 2.35. The summed E-state index contributed by atoms with van der Waals surface area (Å²) < 4.78 is 0. The van der Waals surface area contributed by atoms with E-state index in [0.717, 1.165) is 37.9 Å². The second kappa shape index (κ2) is 5.48. The summed E-state index contributed by atoms with van der Waals surface area (Å²) in [6.45, 7) is 2.80. The van der Waals surface area contributed by atoms with Crippen molar-refractivity contribution in [3.05, 3.63) is 24.3 Å². The molecule has 1 saturated heterocycles. The number of hydrogen-bond donors (Lipinski definition) is 3. The molecule has 5 heteroatoms. The summed E-state index contributed by atoms with van der Waals surface area (Å²) in [6.07, 6.45) is 3.82. The fourth-order valence-corrected chi connectivity index (χ4v) is 2.62.